The van der Waals surface area contributed by atoms with Gasteiger partial charge in [-0.15, -0.1) is 0 Å². The molecule has 20 heavy (non-hydrogen) atoms. The van der Waals surface area contributed by atoms with E-state index in [1.807, 2.05) is 19.1 Å². The highest BCUT2D eigenvalue weighted by Crippen LogP contribution is 2.28. The molecule has 0 atom stereocenters. The number of carbonyl (C=O) groups is 1. The van der Waals surface area contributed by atoms with E-state index >= 15 is 0 Å². The van der Waals surface area contributed by atoms with Gasteiger partial charge in [-0.05, 0) is 25.1 Å². The second-order valence-corrected chi connectivity index (χ2v) is 4.44. The summed E-state index contributed by atoms with van der Waals surface area (Å²) in [4.78, 5) is 18.4. The van der Waals surface area contributed by atoms with Crippen molar-refractivity contribution in [2.24, 2.45) is 0 Å². The molecule has 0 aliphatic carbocycles. The Hall–Kier alpha value is -2.50. The van der Waals surface area contributed by atoms with Crippen LogP contribution in [0.1, 0.15) is 18.4 Å². The van der Waals surface area contributed by atoms with Crippen LogP contribution in [0.5, 0.6) is 5.75 Å². The number of aryl methyl sites for hydroxylation is 1. The van der Waals surface area contributed by atoms with Gasteiger partial charge in [0.2, 0.25) is 5.91 Å². The minimum atomic E-state index is -0.106. The number of aromatic nitrogens is 2. The number of hydrogen-bond donors (Lipinski definition) is 3. The maximum atomic E-state index is 11.1. The Labute approximate surface area is 117 Å². The lowest BCUT2D eigenvalue weighted by Crippen LogP contribution is -2.07. The number of methoxy groups -OCH3 is 1. The molecule has 0 bridgehead atoms. The Morgan fingerprint density at radius 2 is 2.25 bits per heavy atom. The highest BCUT2D eigenvalue weighted by molar-refractivity contribution is 5.89. The predicted octanol–water partition coefficient (Wildman–Crippen LogP) is 2.30. The molecule has 1 amide bonds. The summed E-state index contributed by atoms with van der Waals surface area (Å²) in [5.74, 6) is 1.49. The Kier molecular flexibility index (Phi) is 4.24. The van der Waals surface area contributed by atoms with E-state index in [0.717, 1.165) is 28.6 Å². The Morgan fingerprint density at radius 3 is 2.85 bits per heavy atom. The summed E-state index contributed by atoms with van der Waals surface area (Å²) in [5, 5.41) is 6.00. The number of hydrogen-bond acceptors (Lipinski definition) is 4. The van der Waals surface area contributed by atoms with Gasteiger partial charge in [0.1, 0.15) is 11.6 Å². The van der Waals surface area contributed by atoms with Crippen LogP contribution in [0.3, 0.4) is 0 Å². The smallest absolute Gasteiger partial charge is 0.221 e. The largest absolute Gasteiger partial charge is 0.495 e. The minimum Gasteiger partial charge on any atom is -0.495 e. The molecule has 0 radical (unpaired) electrons. The molecule has 0 aliphatic rings. The zero-order chi connectivity index (χ0) is 14.5. The maximum Gasteiger partial charge on any atom is 0.221 e. The molecule has 3 N–H and O–H groups in total. The highest BCUT2D eigenvalue weighted by Gasteiger charge is 2.06. The Bertz CT molecular complexity index is 607. The molecule has 0 saturated heterocycles. The van der Waals surface area contributed by atoms with Crippen molar-refractivity contribution in [1.29, 1.82) is 0 Å². The summed E-state index contributed by atoms with van der Waals surface area (Å²) in [6, 6.07) is 5.45. The third-order valence-electron chi connectivity index (χ3n) is 2.74. The van der Waals surface area contributed by atoms with Gasteiger partial charge in [0.25, 0.3) is 0 Å². The van der Waals surface area contributed by atoms with Crippen molar-refractivity contribution >= 4 is 17.3 Å². The van der Waals surface area contributed by atoms with Crippen molar-refractivity contribution < 1.29 is 9.53 Å². The number of carbonyl (C=O) groups excluding carboxylic acids is 1. The van der Waals surface area contributed by atoms with Crippen molar-refractivity contribution in [3.05, 3.63) is 35.9 Å². The van der Waals surface area contributed by atoms with Crippen LogP contribution in [0.2, 0.25) is 0 Å². The van der Waals surface area contributed by atoms with Crippen LogP contribution in [-0.2, 0) is 11.3 Å². The van der Waals surface area contributed by atoms with E-state index < -0.39 is 0 Å². The topological polar surface area (TPSA) is 79.0 Å². The second-order valence-electron chi connectivity index (χ2n) is 4.44. The molecule has 0 fully saturated rings. The van der Waals surface area contributed by atoms with Gasteiger partial charge in [-0.3, -0.25) is 4.79 Å². The van der Waals surface area contributed by atoms with Gasteiger partial charge >= 0.3 is 0 Å². The maximum absolute atomic E-state index is 11.1. The summed E-state index contributed by atoms with van der Waals surface area (Å²) >= 11 is 0. The predicted molar refractivity (Wildman–Crippen MR) is 77.9 cm³/mol. The fourth-order valence-electron chi connectivity index (χ4n) is 1.88. The lowest BCUT2D eigenvalue weighted by molar-refractivity contribution is -0.114. The first-order valence-electron chi connectivity index (χ1n) is 6.28. The standard InChI is InChI=1S/C14H18N4O2/c1-9-15-7-12(17-9)8-16-13-6-11(18-10(2)19)4-5-14(13)20-3/h4-7,16H,8H2,1-3H3,(H,15,17)(H,18,19). The van der Waals surface area contributed by atoms with E-state index in [9.17, 15) is 4.79 Å². The number of aromatic amines is 1. The SMILES string of the molecule is COc1ccc(NC(C)=O)cc1NCc1cnc(C)[nH]1. The van der Waals surface area contributed by atoms with E-state index in [1.165, 1.54) is 6.92 Å². The van der Waals surface area contributed by atoms with Crippen molar-refractivity contribution in [3.8, 4) is 5.75 Å². The van der Waals surface area contributed by atoms with Crippen LogP contribution >= 0.6 is 0 Å². The zero-order valence-corrected chi connectivity index (χ0v) is 11.8. The van der Waals surface area contributed by atoms with Crippen LogP contribution in [0.15, 0.2) is 24.4 Å². The average molecular weight is 274 g/mol. The summed E-state index contributed by atoms with van der Waals surface area (Å²) < 4.78 is 5.30. The summed E-state index contributed by atoms with van der Waals surface area (Å²) in [5.41, 5.74) is 2.52. The third kappa shape index (κ3) is 3.50. The first-order chi connectivity index (χ1) is 9.58. The average Bonchev–Trinajstić information content (AvgIpc) is 2.82. The summed E-state index contributed by atoms with van der Waals surface area (Å²) in [7, 11) is 1.61. The lowest BCUT2D eigenvalue weighted by Gasteiger charge is -2.12. The summed E-state index contributed by atoms with van der Waals surface area (Å²) in [6.07, 6.45) is 1.78. The second kappa shape index (κ2) is 6.10. The molecule has 1 aromatic carbocycles. The number of ether oxygens (including phenoxy) is 1. The number of amides is 1. The Morgan fingerprint density at radius 1 is 1.45 bits per heavy atom. The van der Waals surface area contributed by atoms with E-state index in [1.54, 1.807) is 19.4 Å². The van der Waals surface area contributed by atoms with Gasteiger partial charge in [0, 0.05) is 12.6 Å². The quantitative estimate of drug-likeness (QED) is 0.781. The van der Waals surface area contributed by atoms with Gasteiger partial charge in [0.15, 0.2) is 0 Å². The number of nitrogens with one attached hydrogen (secondary N) is 3. The molecule has 2 aromatic rings. The minimum absolute atomic E-state index is 0.106. The van der Waals surface area contributed by atoms with E-state index in [2.05, 4.69) is 20.6 Å². The molecule has 1 aromatic heterocycles. The van der Waals surface area contributed by atoms with E-state index in [-0.39, 0.29) is 5.91 Å². The zero-order valence-electron chi connectivity index (χ0n) is 11.8. The van der Waals surface area contributed by atoms with Gasteiger partial charge in [-0.2, -0.15) is 0 Å². The van der Waals surface area contributed by atoms with Crippen LogP contribution in [0.4, 0.5) is 11.4 Å². The molecule has 0 aliphatic heterocycles. The third-order valence-corrected chi connectivity index (χ3v) is 2.74. The molecular weight excluding hydrogens is 256 g/mol. The Balaban J connectivity index is 2.13. The van der Waals surface area contributed by atoms with Gasteiger partial charge in [-0.25, -0.2) is 4.98 Å². The van der Waals surface area contributed by atoms with Gasteiger partial charge in [-0.1, -0.05) is 0 Å². The van der Waals surface area contributed by atoms with Crippen molar-refractivity contribution in [1.82, 2.24) is 9.97 Å². The van der Waals surface area contributed by atoms with Crippen LogP contribution in [0, 0.1) is 6.92 Å². The number of nitrogens with zero attached hydrogens (tertiary/aromatic N) is 1. The first-order valence-corrected chi connectivity index (χ1v) is 6.28. The highest BCUT2D eigenvalue weighted by atomic mass is 16.5. The monoisotopic (exact) mass is 274 g/mol. The van der Waals surface area contributed by atoms with E-state index in [0.29, 0.717) is 6.54 Å². The first kappa shape index (κ1) is 13.9. The molecule has 6 nitrogen and oxygen atoms in total. The van der Waals surface area contributed by atoms with E-state index in [4.69, 9.17) is 4.74 Å². The van der Waals surface area contributed by atoms with Crippen LogP contribution in [0.25, 0.3) is 0 Å². The normalized spacial score (nSPS) is 10.2. The number of H-pyrrole nitrogens is 1. The van der Waals surface area contributed by atoms with Crippen LogP contribution in [-0.4, -0.2) is 23.0 Å². The molecule has 1 heterocycles. The molecule has 106 valence electrons. The molecule has 0 spiro atoms. The number of anilines is 2. The molecule has 6 heteroatoms. The fourth-order valence-corrected chi connectivity index (χ4v) is 1.88. The number of imidazole rings is 1. The fraction of sp³-hybridized carbons (Fsp3) is 0.286. The molecule has 0 saturated carbocycles. The van der Waals surface area contributed by atoms with Crippen molar-refractivity contribution in [2.75, 3.05) is 17.7 Å². The van der Waals surface area contributed by atoms with Crippen LogP contribution < -0.4 is 15.4 Å². The molecule has 2 rings (SSSR count). The molecular formula is C14H18N4O2. The number of benzene rings is 1. The lowest BCUT2D eigenvalue weighted by atomic mass is 10.2. The van der Waals surface area contributed by atoms with Gasteiger partial charge in [0.05, 0.1) is 31.2 Å². The summed E-state index contributed by atoms with van der Waals surface area (Å²) in [6.45, 7) is 3.98. The number of rotatable bonds is 5. The molecule has 0 unspecified atom stereocenters. The van der Waals surface area contributed by atoms with Crippen molar-refractivity contribution in [3.63, 3.8) is 0 Å². The van der Waals surface area contributed by atoms with Crippen molar-refractivity contribution in [2.45, 2.75) is 20.4 Å². The van der Waals surface area contributed by atoms with Gasteiger partial charge < -0.3 is 20.4 Å².